The van der Waals surface area contributed by atoms with Crippen LogP contribution in [0.15, 0.2) is 29.8 Å². The predicted molar refractivity (Wildman–Crippen MR) is 71.7 cm³/mol. The van der Waals surface area contributed by atoms with Crippen LogP contribution < -0.4 is 10.1 Å². The van der Waals surface area contributed by atoms with Gasteiger partial charge >= 0.3 is 0 Å². The molecule has 1 aliphatic rings. The van der Waals surface area contributed by atoms with Crippen LogP contribution in [0.5, 0.6) is 5.75 Å². The Morgan fingerprint density at radius 2 is 2.41 bits per heavy atom. The van der Waals surface area contributed by atoms with Gasteiger partial charge in [-0.05, 0) is 49.6 Å². The molecule has 0 heterocycles. The second kappa shape index (κ2) is 6.08. The van der Waals surface area contributed by atoms with Gasteiger partial charge in [-0.1, -0.05) is 23.7 Å². The molecule has 0 radical (unpaired) electrons. The second-order valence-corrected chi connectivity index (χ2v) is 4.48. The summed E-state index contributed by atoms with van der Waals surface area (Å²) in [4.78, 5) is 0. The zero-order valence-electron chi connectivity index (χ0n) is 10.1. The van der Waals surface area contributed by atoms with Crippen molar-refractivity contribution in [3.8, 4) is 5.75 Å². The largest absolute Gasteiger partial charge is 0.489 e. The molecule has 0 fully saturated rings. The quantitative estimate of drug-likeness (QED) is 0.886. The van der Waals surface area contributed by atoms with E-state index in [-0.39, 0.29) is 0 Å². The minimum Gasteiger partial charge on any atom is -0.489 e. The van der Waals surface area contributed by atoms with Gasteiger partial charge in [0, 0.05) is 11.6 Å². The van der Waals surface area contributed by atoms with E-state index >= 15 is 0 Å². The Morgan fingerprint density at radius 3 is 3.18 bits per heavy atom. The molecule has 1 aliphatic carbocycles. The van der Waals surface area contributed by atoms with E-state index in [9.17, 15) is 0 Å². The summed E-state index contributed by atoms with van der Waals surface area (Å²) in [5, 5.41) is 3.36. The number of halogens is 1. The molecule has 0 aliphatic heterocycles. The Balaban J connectivity index is 2.22. The number of fused-ring (bicyclic) bond motifs is 1. The minimum absolute atomic E-state index is 0.464. The zero-order valence-corrected chi connectivity index (χ0v) is 10.8. The summed E-state index contributed by atoms with van der Waals surface area (Å²) in [6.45, 7) is 0.532. The lowest BCUT2D eigenvalue weighted by molar-refractivity contribution is 0.353. The molecule has 1 atom stereocenters. The molecule has 0 saturated carbocycles. The van der Waals surface area contributed by atoms with E-state index in [0.717, 1.165) is 12.2 Å². The molecule has 2 rings (SSSR count). The summed E-state index contributed by atoms with van der Waals surface area (Å²) in [7, 11) is 2.02. The molecule has 0 bridgehead atoms. The molecule has 1 aromatic rings. The van der Waals surface area contributed by atoms with Crippen LogP contribution in [0.4, 0.5) is 0 Å². The number of hydrogen-bond acceptors (Lipinski definition) is 2. The topological polar surface area (TPSA) is 21.3 Å². The molecule has 1 N–H and O–H groups in total. The first-order valence-electron chi connectivity index (χ1n) is 6.04. The van der Waals surface area contributed by atoms with Crippen LogP contribution in [0, 0.1) is 0 Å². The number of rotatable bonds is 4. The van der Waals surface area contributed by atoms with Crippen molar-refractivity contribution in [1.29, 1.82) is 0 Å². The van der Waals surface area contributed by atoms with E-state index in [4.69, 9.17) is 16.3 Å². The van der Waals surface area contributed by atoms with Crippen molar-refractivity contribution >= 4 is 11.6 Å². The summed E-state index contributed by atoms with van der Waals surface area (Å²) in [6, 6.07) is 6.76. The Morgan fingerprint density at radius 1 is 1.53 bits per heavy atom. The first-order chi connectivity index (χ1) is 8.36. The average molecular weight is 252 g/mol. The molecular formula is C14H18ClNO. The fourth-order valence-corrected chi connectivity index (χ4v) is 2.50. The monoisotopic (exact) mass is 251 g/mol. The molecule has 92 valence electrons. The summed E-state index contributed by atoms with van der Waals surface area (Å²) >= 11 is 5.49. The first kappa shape index (κ1) is 12.5. The molecule has 0 amide bonds. The Bertz CT molecular complexity index is 403. The zero-order chi connectivity index (χ0) is 12.1. The summed E-state index contributed by atoms with van der Waals surface area (Å²) in [5.74, 6) is 0.997. The lowest BCUT2D eigenvalue weighted by Gasteiger charge is -2.26. The van der Waals surface area contributed by atoms with Crippen LogP contribution in [0.25, 0.3) is 0 Å². The van der Waals surface area contributed by atoms with Crippen LogP contribution in [0.3, 0.4) is 0 Å². The standard InChI is InChI=1S/C14H18ClNO/c1-16-13-7-2-6-12-11(13)5-3-8-14(12)17-10-4-9-15/h3-5,8-9,13,16H,2,6-7,10H2,1H3. The van der Waals surface area contributed by atoms with Gasteiger partial charge in [0.05, 0.1) is 0 Å². The van der Waals surface area contributed by atoms with Gasteiger partial charge in [-0.2, -0.15) is 0 Å². The van der Waals surface area contributed by atoms with E-state index in [1.165, 1.54) is 29.5 Å². The second-order valence-electron chi connectivity index (χ2n) is 4.23. The van der Waals surface area contributed by atoms with Gasteiger partial charge in [0.25, 0.3) is 0 Å². The highest BCUT2D eigenvalue weighted by Gasteiger charge is 2.21. The fraction of sp³-hybridized carbons (Fsp3) is 0.429. The molecular weight excluding hydrogens is 234 g/mol. The van der Waals surface area contributed by atoms with Gasteiger partial charge in [-0.3, -0.25) is 0 Å². The van der Waals surface area contributed by atoms with Crippen molar-refractivity contribution < 1.29 is 4.74 Å². The van der Waals surface area contributed by atoms with Gasteiger partial charge in [-0.15, -0.1) is 0 Å². The predicted octanol–water partition coefficient (Wildman–Crippen LogP) is 3.41. The van der Waals surface area contributed by atoms with Crippen LogP contribution in [-0.4, -0.2) is 13.7 Å². The first-order valence-corrected chi connectivity index (χ1v) is 6.47. The van der Waals surface area contributed by atoms with E-state index in [2.05, 4.69) is 17.4 Å². The number of hydrogen-bond donors (Lipinski definition) is 1. The third-order valence-electron chi connectivity index (χ3n) is 3.24. The van der Waals surface area contributed by atoms with E-state index in [1.54, 1.807) is 6.08 Å². The van der Waals surface area contributed by atoms with Crippen molar-refractivity contribution in [2.24, 2.45) is 0 Å². The highest BCUT2D eigenvalue weighted by molar-refractivity contribution is 6.25. The maximum Gasteiger partial charge on any atom is 0.123 e. The van der Waals surface area contributed by atoms with E-state index in [0.29, 0.717) is 12.6 Å². The SMILES string of the molecule is CNC1CCCc2c(OCC=CCl)cccc21. The van der Waals surface area contributed by atoms with Crippen molar-refractivity contribution in [3.63, 3.8) is 0 Å². The summed E-state index contributed by atoms with van der Waals surface area (Å²) in [5.41, 5.74) is 4.22. The fourth-order valence-electron chi connectivity index (χ4n) is 2.42. The van der Waals surface area contributed by atoms with Gasteiger partial charge < -0.3 is 10.1 Å². The maximum absolute atomic E-state index is 5.74. The van der Waals surface area contributed by atoms with Crippen LogP contribution >= 0.6 is 11.6 Å². The van der Waals surface area contributed by atoms with Gasteiger partial charge in [0.2, 0.25) is 0 Å². The van der Waals surface area contributed by atoms with Crippen LogP contribution in [0.1, 0.15) is 30.0 Å². The maximum atomic E-state index is 5.74. The minimum atomic E-state index is 0.464. The van der Waals surface area contributed by atoms with Gasteiger partial charge in [0.15, 0.2) is 0 Å². The lowest BCUT2D eigenvalue weighted by atomic mass is 9.87. The van der Waals surface area contributed by atoms with Crippen LogP contribution in [0.2, 0.25) is 0 Å². The molecule has 2 nitrogen and oxygen atoms in total. The molecule has 0 aromatic heterocycles. The van der Waals surface area contributed by atoms with Crippen molar-refractivity contribution in [2.45, 2.75) is 25.3 Å². The van der Waals surface area contributed by atoms with Gasteiger partial charge in [-0.25, -0.2) is 0 Å². The smallest absolute Gasteiger partial charge is 0.123 e. The Kier molecular flexibility index (Phi) is 4.46. The molecule has 1 unspecified atom stereocenters. The number of benzene rings is 1. The normalized spacial score (nSPS) is 19.3. The molecule has 0 spiro atoms. The lowest BCUT2D eigenvalue weighted by Crippen LogP contribution is -2.22. The molecule has 3 heteroatoms. The summed E-state index contributed by atoms with van der Waals surface area (Å²) < 4.78 is 5.74. The molecule has 17 heavy (non-hydrogen) atoms. The highest BCUT2D eigenvalue weighted by Crippen LogP contribution is 2.35. The Hall–Kier alpha value is -0.990. The number of nitrogens with one attached hydrogen (secondary N) is 1. The van der Waals surface area contributed by atoms with Gasteiger partial charge in [0.1, 0.15) is 12.4 Å². The highest BCUT2D eigenvalue weighted by atomic mass is 35.5. The Labute approximate surface area is 108 Å². The van der Waals surface area contributed by atoms with Crippen molar-refractivity contribution in [1.82, 2.24) is 5.32 Å². The number of ether oxygens (including phenoxy) is 1. The molecule has 0 saturated heterocycles. The third-order valence-corrected chi connectivity index (χ3v) is 3.42. The van der Waals surface area contributed by atoms with E-state index in [1.807, 2.05) is 13.1 Å². The van der Waals surface area contributed by atoms with Crippen molar-refractivity contribution in [2.75, 3.05) is 13.7 Å². The van der Waals surface area contributed by atoms with Crippen molar-refractivity contribution in [3.05, 3.63) is 40.9 Å². The molecule has 1 aromatic carbocycles. The van der Waals surface area contributed by atoms with E-state index < -0.39 is 0 Å². The third kappa shape index (κ3) is 2.82. The van der Waals surface area contributed by atoms with Crippen LogP contribution in [-0.2, 0) is 6.42 Å². The summed E-state index contributed by atoms with van der Waals surface area (Å²) in [6.07, 6.45) is 5.33. The average Bonchev–Trinajstić information content (AvgIpc) is 2.38.